The minimum Gasteiger partial charge on any atom is -0.475 e. The molecule has 0 bridgehead atoms. The van der Waals surface area contributed by atoms with Crippen molar-refractivity contribution in [2.75, 3.05) is 13.8 Å². The van der Waals surface area contributed by atoms with Crippen LogP contribution < -0.4 is 10.1 Å². The number of hydrogen-bond acceptors (Lipinski definition) is 4. The van der Waals surface area contributed by atoms with Gasteiger partial charge in [-0.1, -0.05) is 12.1 Å². The first-order valence-electron chi connectivity index (χ1n) is 5.78. The van der Waals surface area contributed by atoms with Gasteiger partial charge in [-0.25, -0.2) is 9.97 Å². The van der Waals surface area contributed by atoms with Crippen LogP contribution in [0.4, 0.5) is 13.2 Å². The van der Waals surface area contributed by atoms with Gasteiger partial charge in [-0.15, -0.1) is 0 Å². The summed E-state index contributed by atoms with van der Waals surface area (Å²) in [4.78, 5) is 7.99. The highest BCUT2D eigenvalue weighted by Crippen LogP contribution is 2.31. The van der Waals surface area contributed by atoms with Crippen molar-refractivity contribution < 1.29 is 17.9 Å². The van der Waals surface area contributed by atoms with Crippen LogP contribution in [0.3, 0.4) is 0 Å². The van der Waals surface area contributed by atoms with E-state index in [9.17, 15) is 13.2 Å². The Morgan fingerprint density at radius 3 is 2.50 bits per heavy atom. The number of ether oxygens (including phenoxy) is 1. The largest absolute Gasteiger partial charge is 0.475 e. The van der Waals surface area contributed by atoms with Gasteiger partial charge in [-0.2, -0.15) is 13.2 Å². The van der Waals surface area contributed by atoms with Crippen molar-refractivity contribution in [2.24, 2.45) is 0 Å². The van der Waals surface area contributed by atoms with E-state index in [0.717, 1.165) is 12.1 Å². The van der Waals surface area contributed by atoms with Crippen molar-refractivity contribution in [1.82, 2.24) is 15.3 Å². The Morgan fingerprint density at radius 1 is 1.20 bits per heavy atom. The van der Waals surface area contributed by atoms with E-state index >= 15 is 0 Å². The Hall–Kier alpha value is -2.15. The molecule has 2 aromatic rings. The predicted octanol–water partition coefficient (Wildman–Crippen LogP) is 2.72. The van der Waals surface area contributed by atoms with Gasteiger partial charge in [-0.3, -0.25) is 5.32 Å². The summed E-state index contributed by atoms with van der Waals surface area (Å²) >= 11 is 0. The quantitative estimate of drug-likeness (QED) is 0.876. The first-order chi connectivity index (χ1) is 9.50. The van der Waals surface area contributed by atoms with Crippen molar-refractivity contribution in [2.45, 2.75) is 6.18 Å². The number of benzene rings is 1. The minimum atomic E-state index is -4.38. The first-order valence-corrected chi connectivity index (χ1v) is 5.78. The van der Waals surface area contributed by atoms with Crippen LogP contribution in [-0.4, -0.2) is 23.7 Å². The lowest BCUT2D eigenvalue weighted by molar-refractivity contribution is -0.137. The molecule has 0 fully saturated rings. The molecule has 0 saturated heterocycles. The molecule has 7 heteroatoms. The average Bonchev–Trinajstić information content (AvgIpc) is 2.45. The van der Waals surface area contributed by atoms with Crippen LogP contribution in [0.2, 0.25) is 0 Å². The Labute approximate surface area is 113 Å². The lowest BCUT2D eigenvalue weighted by atomic mass is 10.1. The summed E-state index contributed by atoms with van der Waals surface area (Å²) in [6, 6.07) is 4.88. The maximum absolute atomic E-state index is 12.6. The highest BCUT2D eigenvalue weighted by molar-refractivity contribution is 5.56. The van der Waals surface area contributed by atoms with E-state index in [0.29, 0.717) is 18.0 Å². The van der Waals surface area contributed by atoms with Crippen LogP contribution in [-0.2, 0) is 6.18 Å². The van der Waals surface area contributed by atoms with Crippen molar-refractivity contribution in [3.05, 3.63) is 42.2 Å². The van der Waals surface area contributed by atoms with Crippen molar-refractivity contribution in [3.63, 3.8) is 0 Å². The molecule has 106 valence electrons. The van der Waals surface area contributed by atoms with Gasteiger partial charge in [0.15, 0.2) is 11.6 Å². The fourth-order valence-electron chi connectivity index (χ4n) is 1.53. The molecular formula is C13H12F3N3O. The maximum atomic E-state index is 12.6. The van der Waals surface area contributed by atoms with Gasteiger partial charge >= 0.3 is 6.18 Å². The van der Waals surface area contributed by atoms with Crippen LogP contribution in [0.15, 0.2) is 36.7 Å². The summed E-state index contributed by atoms with van der Waals surface area (Å²) in [5.41, 5.74) is -0.422. The third-order valence-corrected chi connectivity index (χ3v) is 2.46. The second-order valence-corrected chi connectivity index (χ2v) is 3.96. The molecule has 1 aromatic carbocycles. The highest BCUT2D eigenvalue weighted by atomic mass is 19.4. The fourth-order valence-corrected chi connectivity index (χ4v) is 1.53. The summed E-state index contributed by atoms with van der Waals surface area (Å²) in [7, 11) is 1.72. The van der Waals surface area contributed by atoms with Gasteiger partial charge < -0.3 is 4.74 Å². The molecule has 0 spiro atoms. The van der Waals surface area contributed by atoms with E-state index in [1.54, 1.807) is 7.05 Å². The normalized spacial score (nSPS) is 11.4. The average molecular weight is 283 g/mol. The summed E-state index contributed by atoms with van der Waals surface area (Å²) in [6.07, 6.45) is -1.55. The summed E-state index contributed by atoms with van der Waals surface area (Å²) < 4.78 is 43.1. The lowest BCUT2D eigenvalue weighted by Gasteiger charge is -2.08. The Bertz CT molecular complexity index is 570. The molecular weight excluding hydrogens is 271 g/mol. The van der Waals surface area contributed by atoms with Gasteiger partial charge in [0.2, 0.25) is 0 Å². The Morgan fingerprint density at radius 2 is 1.90 bits per heavy atom. The fraction of sp³-hybridized carbons (Fsp3) is 0.231. The van der Waals surface area contributed by atoms with Crippen LogP contribution in [0.1, 0.15) is 5.56 Å². The van der Waals surface area contributed by atoms with E-state index in [1.165, 1.54) is 24.5 Å². The topological polar surface area (TPSA) is 47.0 Å². The molecule has 0 atom stereocenters. The Balaban J connectivity index is 2.23. The molecule has 1 N–H and O–H groups in total. The third-order valence-electron chi connectivity index (χ3n) is 2.46. The monoisotopic (exact) mass is 283 g/mol. The maximum Gasteiger partial charge on any atom is 0.416 e. The summed E-state index contributed by atoms with van der Waals surface area (Å²) in [5.74, 6) is 0.656. The second kappa shape index (κ2) is 5.87. The zero-order valence-corrected chi connectivity index (χ0v) is 10.6. The standard InChI is InChI=1S/C13H12F3N3O/c1-17-8-20-11-6-18-12(19-7-11)9-3-2-4-10(5-9)13(14,15)16/h2-7,17H,8H2,1H3. The molecule has 0 saturated carbocycles. The van der Waals surface area contributed by atoms with Gasteiger partial charge in [0.25, 0.3) is 0 Å². The second-order valence-electron chi connectivity index (χ2n) is 3.96. The third kappa shape index (κ3) is 3.45. The number of rotatable bonds is 4. The lowest BCUT2D eigenvalue weighted by Crippen LogP contribution is -2.14. The number of nitrogens with one attached hydrogen (secondary N) is 1. The highest BCUT2D eigenvalue weighted by Gasteiger charge is 2.30. The molecule has 0 unspecified atom stereocenters. The van der Waals surface area contributed by atoms with Crippen LogP contribution in [0.5, 0.6) is 5.75 Å². The van der Waals surface area contributed by atoms with Gasteiger partial charge in [0.1, 0.15) is 6.73 Å². The molecule has 0 aliphatic rings. The smallest absolute Gasteiger partial charge is 0.416 e. The molecule has 0 radical (unpaired) electrons. The van der Waals surface area contributed by atoms with Crippen LogP contribution in [0.25, 0.3) is 11.4 Å². The first kappa shape index (κ1) is 14.3. The van der Waals surface area contributed by atoms with E-state index in [4.69, 9.17) is 4.74 Å². The van der Waals surface area contributed by atoms with E-state index in [1.807, 2.05) is 0 Å². The zero-order valence-electron chi connectivity index (χ0n) is 10.6. The van der Waals surface area contributed by atoms with Gasteiger partial charge in [-0.05, 0) is 19.2 Å². The number of alkyl halides is 3. The number of halogens is 3. The minimum absolute atomic E-state index is 0.216. The van der Waals surface area contributed by atoms with Crippen LogP contribution >= 0.6 is 0 Å². The number of hydrogen-bond donors (Lipinski definition) is 1. The zero-order chi connectivity index (χ0) is 14.6. The van der Waals surface area contributed by atoms with Gasteiger partial charge in [0, 0.05) is 5.56 Å². The van der Waals surface area contributed by atoms with E-state index in [-0.39, 0.29) is 5.82 Å². The van der Waals surface area contributed by atoms with Crippen molar-refractivity contribution in [3.8, 4) is 17.1 Å². The van der Waals surface area contributed by atoms with Crippen molar-refractivity contribution in [1.29, 1.82) is 0 Å². The van der Waals surface area contributed by atoms with E-state index < -0.39 is 11.7 Å². The number of nitrogens with zero attached hydrogens (tertiary/aromatic N) is 2. The molecule has 0 amide bonds. The molecule has 4 nitrogen and oxygen atoms in total. The van der Waals surface area contributed by atoms with Gasteiger partial charge in [0.05, 0.1) is 18.0 Å². The molecule has 0 aliphatic heterocycles. The number of aromatic nitrogens is 2. The van der Waals surface area contributed by atoms with Crippen molar-refractivity contribution >= 4 is 0 Å². The molecule has 1 aromatic heterocycles. The van der Waals surface area contributed by atoms with E-state index in [2.05, 4.69) is 15.3 Å². The predicted molar refractivity (Wildman–Crippen MR) is 67.0 cm³/mol. The molecule has 0 aliphatic carbocycles. The summed E-state index contributed by atoms with van der Waals surface area (Å²) in [6.45, 7) is 0.298. The summed E-state index contributed by atoms with van der Waals surface area (Å²) in [5, 5.41) is 2.78. The molecule has 1 heterocycles. The SMILES string of the molecule is CNCOc1cnc(-c2cccc(C(F)(F)F)c2)nc1. The Kier molecular flexibility index (Phi) is 4.19. The van der Waals surface area contributed by atoms with Crippen LogP contribution in [0, 0.1) is 0 Å². The molecule has 20 heavy (non-hydrogen) atoms. The molecule has 2 rings (SSSR count).